The number of hydrogen-bond acceptors (Lipinski definition) is 4. The van der Waals surface area contributed by atoms with Gasteiger partial charge in [-0.3, -0.25) is 4.79 Å². The van der Waals surface area contributed by atoms with Gasteiger partial charge in [-0.15, -0.1) is 11.3 Å². The summed E-state index contributed by atoms with van der Waals surface area (Å²) in [6.45, 7) is 0.534. The van der Waals surface area contributed by atoms with Crippen molar-refractivity contribution in [2.24, 2.45) is 0 Å². The van der Waals surface area contributed by atoms with Crippen LogP contribution in [0.5, 0.6) is 0 Å². The van der Waals surface area contributed by atoms with Crippen molar-refractivity contribution < 1.29 is 4.79 Å². The van der Waals surface area contributed by atoms with Crippen LogP contribution < -0.4 is 5.32 Å². The lowest BCUT2D eigenvalue weighted by Crippen LogP contribution is -2.16. The average molecular weight is 395 g/mol. The van der Waals surface area contributed by atoms with Gasteiger partial charge in [0.2, 0.25) is 0 Å². The van der Waals surface area contributed by atoms with Gasteiger partial charge in [-0.1, -0.05) is 54.1 Å². The van der Waals surface area contributed by atoms with Gasteiger partial charge in [-0.25, -0.2) is 9.67 Å². The number of benzene rings is 2. The van der Waals surface area contributed by atoms with E-state index in [0.717, 1.165) is 16.1 Å². The van der Waals surface area contributed by atoms with E-state index in [-0.39, 0.29) is 5.91 Å². The van der Waals surface area contributed by atoms with Crippen LogP contribution in [0, 0.1) is 0 Å². The first-order chi connectivity index (χ1) is 13.2. The van der Waals surface area contributed by atoms with Crippen LogP contribution in [0.1, 0.15) is 16.1 Å². The standard InChI is InChI=1S/C20H15ClN4OS/c21-16-8-6-14(7-9-16)12-25-18(10-11-22-25)24-19(26)17-13-27-20(23-17)15-4-2-1-3-5-15/h1-11,13H,12H2,(H,24,26). The van der Waals surface area contributed by atoms with Gasteiger partial charge >= 0.3 is 0 Å². The van der Waals surface area contributed by atoms with Crippen LogP contribution >= 0.6 is 22.9 Å². The molecular weight excluding hydrogens is 380 g/mol. The monoisotopic (exact) mass is 394 g/mol. The zero-order valence-corrected chi connectivity index (χ0v) is 15.7. The smallest absolute Gasteiger partial charge is 0.276 e. The zero-order valence-electron chi connectivity index (χ0n) is 14.2. The van der Waals surface area contributed by atoms with Crippen molar-refractivity contribution in [3.8, 4) is 10.6 Å². The molecule has 0 radical (unpaired) electrons. The van der Waals surface area contributed by atoms with E-state index in [0.29, 0.717) is 23.1 Å². The lowest BCUT2D eigenvalue weighted by atomic mass is 10.2. The number of carbonyl (C=O) groups is 1. The van der Waals surface area contributed by atoms with E-state index in [9.17, 15) is 4.79 Å². The lowest BCUT2D eigenvalue weighted by Gasteiger charge is -2.08. The third kappa shape index (κ3) is 4.07. The summed E-state index contributed by atoms with van der Waals surface area (Å²) in [6, 6.07) is 19.1. The quantitative estimate of drug-likeness (QED) is 0.520. The Hall–Kier alpha value is -2.96. The van der Waals surface area contributed by atoms with E-state index < -0.39 is 0 Å². The summed E-state index contributed by atoms with van der Waals surface area (Å²) in [5, 5.41) is 10.4. The molecule has 0 fully saturated rings. The highest BCUT2D eigenvalue weighted by atomic mass is 35.5. The number of aromatic nitrogens is 3. The molecule has 0 bridgehead atoms. The number of amides is 1. The van der Waals surface area contributed by atoms with E-state index in [1.54, 1.807) is 22.3 Å². The highest BCUT2D eigenvalue weighted by Gasteiger charge is 2.14. The molecule has 0 spiro atoms. The van der Waals surface area contributed by atoms with Crippen molar-refractivity contribution in [1.82, 2.24) is 14.8 Å². The van der Waals surface area contributed by atoms with Gasteiger partial charge in [0.1, 0.15) is 16.5 Å². The summed E-state index contributed by atoms with van der Waals surface area (Å²) >= 11 is 7.37. The van der Waals surface area contributed by atoms with Crippen molar-refractivity contribution in [1.29, 1.82) is 0 Å². The summed E-state index contributed by atoms with van der Waals surface area (Å²) in [4.78, 5) is 17.0. The molecule has 2 heterocycles. The fourth-order valence-corrected chi connectivity index (χ4v) is 3.53. The molecule has 0 aliphatic carbocycles. The normalized spacial score (nSPS) is 10.7. The van der Waals surface area contributed by atoms with Crippen LogP contribution in [-0.2, 0) is 6.54 Å². The van der Waals surface area contributed by atoms with Crippen molar-refractivity contribution in [2.45, 2.75) is 6.54 Å². The average Bonchev–Trinajstić information content (AvgIpc) is 3.34. The molecule has 0 aliphatic rings. The summed E-state index contributed by atoms with van der Waals surface area (Å²) in [6.07, 6.45) is 1.65. The molecule has 0 saturated heterocycles. The summed E-state index contributed by atoms with van der Waals surface area (Å²) in [5.41, 5.74) is 2.42. The Kier molecular flexibility index (Phi) is 5.00. The minimum absolute atomic E-state index is 0.258. The minimum atomic E-state index is -0.258. The van der Waals surface area contributed by atoms with Crippen LogP contribution in [-0.4, -0.2) is 20.7 Å². The fraction of sp³-hybridized carbons (Fsp3) is 0.0500. The second-order valence-corrected chi connectivity index (χ2v) is 7.15. The zero-order chi connectivity index (χ0) is 18.6. The molecule has 1 amide bonds. The Labute approximate surface area is 165 Å². The van der Waals surface area contributed by atoms with Crippen LogP contribution in [0.2, 0.25) is 5.02 Å². The van der Waals surface area contributed by atoms with Crippen molar-refractivity contribution >= 4 is 34.7 Å². The SMILES string of the molecule is O=C(Nc1ccnn1Cc1ccc(Cl)cc1)c1csc(-c2ccccc2)n1. The van der Waals surface area contributed by atoms with Gasteiger partial charge in [-0.2, -0.15) is 5.10 Å². The first-order valence-electron chi connectivity index (χ1n) is 8.27. The van der Waals surface area contributed by atoms with Gasteiger partial charge in [0, 0.05) is 22.0 Å². The molecule has 4 aromatic rings. The Morgan fingerprint density at radius 2 is 1.85 bits per heavy atom. The van der Waals surface area contributed by atoms with Crippen LogP contribution in [0.4, 0.5) is 5.82 Å². The number of anilines is 1. The van der Waals surface area contributed by atoms with Gasteiger partial charge in [0.25, 0.3) is 5.91 Å². The van der Waals surface area contributed by atoms with E-state index in [1.165, 1.54) is 11.3 Å². The summed E-state index contributed by atoms with van der Waals surface area (Å²) in [5.74, 6) is 0.357. The third-order valence-electron chi connectivity index (χ3n) is 3.96. The second kappa shape index (κ2) is 7.73. The number of nitrogens with zero attached hydrogens (tertiary/aromatic N) is 3. The number of thiazole rings is 1. The third-order valence-corrected chi connectivity index (χ3v) is 5.10. The van der Waals surface area contributed by atoms with Crippen LogP contribution in [0.25, 0.3) is 10.6 Å². The Morgan fingerprint density at radius 3 is 2.63 bits per heavy atom. The highest BCUT2D eigenvalue weighted by molar-refractivity contribution is 7.13. The van der Waals surface area contributed by atoms with E-state index in [4.69, 9.17) is 11.6 Å². The van der Waals surface area contributed by atoms with E-state index in [1.807, 2.05) is 54.6 Å². The first-order valence-corrected chi connectivity index (χ1v) is 9.53. The van der Waals surface area contributed by atoms with Crippen molar-refractivity contribution in [3.63, 3.8) is 0 Å². The summed E-state index contributed by atoms with van der Waals surface area (Å²) in [7, 11) is 0. The number of halogens is 1. The molecule has 0 atom stereocenters. The van der Waals surface area contributed by atoms with Crippen LogP contribution in [0.3, 0.4) is 0 Å². The predicted molar refractivity (Wildman–Crippen MR) is 108 cm³/mol. The molecule has 1 N–H and O–H groups in total. The fourth-order valence-electron chi connectivity index (χ4n) is 2.60. The van der Waals surface area contributed by atoms with Gasteiger partial charge < -0.3 is 5.32 Å². The van der Waals surface area contributed by atoms with Gasteiger partial charge in [-0.05, 0) is 17.7 Å². The maximum Gasteiger partial charge on any atom is 0.276 e. The first kappa shape index (κ1) is 17.5. The van der Waals surface area contributed by atoms with Gasteiger partial charge in [0.05, 0.1) is 12.7 Å². The number of nitrogens with one attached hydrogen (secondary N) is 1. The molecule has 0 aliphatic heterocycles. The Balaban J connectivity index is 1.48. The van der Waals surface area contributed by atoms with E-state index >= 15 is 0 Å². The maximum atomic E-state index is 12.6. The molecule has 0 unspecified atom stereocenters. The largest absolute Gasteiger partial charge is 0.305 e. The molecule has 0 saturated carbocycles. The summed E-state index contributed by atoms with van der Waals surface area (Å²) < 4.78 is 1.73. The number of hydrogen-bond donors (Lipinski definition) is 1. The molecular formula is C20H15ClN4OS. The number of rotatable bonds is 5. The minimum Gasteiger partial charge on any atom is -0.305 e. The van der Waals surface area contributed by atoms with Crippen LogP contribution in [0.15, 0.2) is 72.2 Å². The van der Waals surface area contributed by atoms with Gasteiger partial charge in [0.15, 0.2) is 0 Å². The van der Waals surface area contributed by atoms with E-state index in [2.05, 4.69) is 15.4 Å². The van der Waals surface area contributed by atoms with Crippen molar-refractivity contribution in [3.05, 3.63) is 88.5 Å². The predicted octanol–water partition coefficient (Wildman–Crippen LogP) is 4.96. The molecule has 2 aromatic heterocycles. The molecule has 2 aromatic carbocycles. The topological polar surface area (TPSA) is 59.8 Å². The Bertz CT molecular complexity index is 1060. The second-order valence-electron chi connectivity index (χ2n) is 5.86. The highest BCUT2D eigenvalue weighted by Crippen LogP contribution is 2.24. The lowest BCUT2D eigenvalue weighted by molar-refractivity contribution is 0.102. The molecule has 27 heavy (non-hydrogen) atoms. The molecule has 4 rings (SSSR count). The molecule has 134 valence electrons. The Morgan fingerprint density at radius 1 is 1.07 bits per heavy atom. The van der Waals surface area contributed by atoms with Crippen molar-refractivity contribution in [2.75, 3.05) is 5.32 Å². The molecule has 7 heteroatoms. The molecule has 5 nitrogen and oxygen atoms in total. The number of carbonyl (C=O) groups excluding carboxylic acids is 1. The maximum absolute atomic E-state index is 12.6.